The van der Waals surface area contributed by atoms with Gasteiger partial charge in [-0.1, -0.05) is 85.2 Å². The van der Waals surface area contributed by atoms with Crippen molar-refractivity contribution in [1.29, 1.82) is 0 Å². The molecule has 0 aliphatic carbocycles. The zero-order valence-electron chi connectivity index (χ0n) is 17.7. The highest BCUT2D eigenvalue weighted by Gasteiger charge is 2.35. The maximum atomic E-state index is 12.1. The van der Waals surface area contributed by atoms with Crippen molar-refractivity contribution in [1.82, 2.24) is 0 Å². The fourth-order valence-electron chi connectivity index (χ4n) is 3.75. The average Bonchev–Trinajstić information content (AvgIpc) is 2.61. The highest BCUT2D eigenvalue weighted by Crippen LogP contribution is 2.52. The Kier molecular flexibility index (Phi) is 6.53. The Morgan fingerprint density at radius 2 is 1.59 bits per heavy atom. The molecule has 2 aromatic carbocycles. The van der Waals surface area contributed by atoms with Crippen molar-refractivity contribution in [3.05, 3.63) is 58.7 Å². The summed E-state index contributed by atoms with van der Waals surface area (Å²) in [6.07, 6.45) is 1.82. The molecule has 146 valence electrons. The fraction of sp³-hybridized carbons (Fsp3) is 0.458. The number of aryl methyl sites for hydroxylation is 1. The smallest absolute Gasteiger partial charge is 0.160 e. The summed E-state index contributed by atoms with van der Waals surface area (Å²) in [4.78, 5) is 12.1. The number of ketones is 1. The van der Waals surface area contributed by atoms with Gasteiger partial charge in [0.1, 0.15) is 5.75 Å². The Hall–Kier alpha value is -1.66. The number of carbonyl (C=O) groups is 1. The van der Waals surface area contributed by atoms with Crippen molar-refractivity contribution >= 4 is 19.7 Å². The summed E-state index contributed by atoms with van der Waals surface area (Å²) in [6.45, 7) is 14.5. The number of phenolic OH excluding ortho intramolecular Hbond substituents is 1. The van der Waals surface area contributed by atoms with E-state index in [1.807, 2.05) is 18.2 Å². The number of phenols is 1. The average molecular weight is 385 g/mol. The number of aromatic hydroxyl groups is 1. The maximum Gasteiger partial charge on any atom is 0.160 e. The minimum atomic E-state index is -0.179. The van der Waals surface area contributed by atoms with E-state index in [9.17, 15) is 9.90 Å². The summed E-state index contributed by atoms with van der Waals surface area (Å²) in [5.74, 6) is 0.521. The first-order chi connectivity index (χ1) is 12.6. The van der Waals surface area contributed by atoms with Gasteiger partial charge in [-0.3, -0.25) is 4.79 Å². The van der Waals surface area contributed by atoms with Crippen LogP contribution < -0.4 is 5.30 Å². The largest absolute Gasteiger partial charge is 0.507 e. The lowest BCUT2D eigenvalue weighted by Gasteiger charge is -2.36. The molecule has 0 aliphatic heterocycles. The topological polar surface area (TPSA) is 37.3 Å². The van der Waals surface area contributed by atoms with E-state index in [-0.39, 0.29) is 16.4 Å². The third-order valence-corrected chi connectivity index (χ3v) is 7.63. The van der Waals surface area contributed by atoms with Crippen LogP contribution in [0.3, 0.4) is 0 Å². The number of benzene rings is 2. The third-order valence-electron chi connectivity index (χ3n) is 5.47. The molecule has 0 fully saturated rings. The summed E-state index contributed by atoms with van der Waals surface area (Å²) in [5, 5.41) is 12.2. The van der Waals surface area contributed by atoms with Crippen molar-refractivity contribution < 1.29 is 9.90 Å². The van der Waals surface area contributed by atoms with Crippen LogP contribution in [0.5, 0.6) is 5.75 Å². The highest BCUT2D eigenvalue weighted by atomic mass is 31.1. The van der Waals surface area contributed by atoms with E-state index in [1.165, 1.54) is 5.56 Å². The van der Waals surface area contributed by atoms with Crippen LogP contribution >= 0.6 is 8.58 Å². The van der Waals surface area contributed by atoms with E-state index in [4.69, 9.17) is 0 Å². The predicted molar refractivity (Wildman–Crippen MR) is 118 cm³/mol. The normalized spacial score (nSPS) is 12.7. The second-order valence-electron chi connectivity index (χ2n) is 8.47. The highest BCUT2D eigenvalue weighted by molar-refractivity contribution is 7.48. The fourth-order valence-corrected chi connectivity index (χ4v) is 5.52. The molecule has 0 bridgehead atoms. The predicted octanol–water partition coefficient (Wildman–Crippen LogP) is 6.22. The molecule has 0 saturated carbocycles. The van der Waals surface area contributed by atoms with Crippen molar-refractivity contribution in [3.8, 4) is 5.75 Å². The summed E-state index contributed by atoms with van der Waals surface area (Å²) in [5.41, 5.74) is 3.86. The van der Waals surface area contributed by atoms with E-state index in [0.29, 0.717) is 14.3 Å². The van der Waals surface area contributed by atoms with Gasteiger partial charge in [-0.05, 0) is 43.0 Å². The quantitative estimate of drug-likeness (QED) is 0.474. The molecule has 0 radical (unpaired) electrons. The number of hydrogen-bond acceptors (Lipinski definition) is 2. The van der Waals surface area contributed by atoms with Crippen molar-refractivity contribution in [3.63, 3.8) is 0 Å². The van der Waals surface area contributed by atoms with E-state index in [1.54, 1.807) is 6.92 Å². The Labute approximate surface area is 166 Å². The van der Waals surface area contributed by atoms with Crippen LogP contribution in [-0.2, 0) is 10.6 Å². The first kappa shape index (κ1) is 21.6. The molecule has 1 N–H and O–H groups in total. The van der Waals surface area contributed by atoms with Crippen molar-refractivity contribution in [2.75, 3.05) is 0 Å². The van der Waals surface area contributed by atoms with Gasteiger partial charge in [0.25, 0.3) is 0 Å². The molecule has 0 amide bonds. The van der Waals surface area contributed by atoms with Gasteiger partial charge >= 0.3 is 0 Å². The van der Waals surface area contributed by atoms with Gasteiger partial charge < -0.3 is 5.11 Å². The summed E-state index contributed by atoms with van der Waals surface area (Å²) < 4.78 is 0. The molecule has 3 heteroatoms. The molecule has 0 aliphatic rings. The second kappa shape index (κ2) is 8.15. The Morgan fingerprint density at radius 3 is 2.11 bits per heavy atom. The molecule has 0 saturated heterocycles. The van der Waals surface area contributed by atoms with Crippen LogP contribution in [0.25, 0.3) is 0 Å². The standard InChI is InChI=1S/C24H33O2P/c1-8-24(9-2,27-21-13-11-10-12-18(21)17(4)25)20-15-16(3)14-19(22(20)26)23(5,6)7/h10-15,26-27H,8-9H2,1-7H3. The second-order valence-corrected chi connectivity index (χ2v) is 10.2. The van der Waals surface area contributed by atoms with Crippen LogP contribution in [0.2, 0.25) is 0 Å². The Bertz CT molecular complexity index is 827. The molecule has 1 atom stereocenters. The van der Waals surface area contributed by atoms with Gasteiger partial charge in [0.05, 0.1) is 0 Å². The molecule has 0 aromatic heterocycles. The Morgan fingerprint density at radius 1 is 1.04 bits per heavy atom. The van der Waals surface area contributed by atoms with Crippen LogP contribution in [0.4, 0.5) is 0 Å². The van der Waals surface area contributed by atoms with E-state index in [0.717, 1.165) is 34.8 Å². The van der Waals surface area contributed by atoms with Crippen LogP contribution in [0.1, 0.15) is 81.4 Å². The van der Waals surface area contributed by atoms with Gasteiger partial charge in [-0.2, -0.15) is 0 Å². The maximum absolute atomic E-state index is 12.1. The number of carbonyl (C=O) groups excluding carboxylic acids is 1. The molecular formula is C24H33O2P. The van der Waals surface area contributed by atoms with Gasteiger partial charge in [0.15, 0.2) is 5.78 Å². The molecule has 2 rings (SSSR count). The lowest BCUT2D eigenvalue weighted by molar-refractivity contribution is 0.101. The summed E-state index contributed by atoms with van der Waals surface area (Å²) in [6, 6.07) is 12.1. The lowest BCUT2D eigenvalue weighted by atomic mass is 9.81. The molecule has 0 heterocycles. The lowest BCUT2D eigenvalue weighted by Crippen LogP contribution is -2.25. The molecule has 1 unspecified atom stereocenters. The van der Waals surface area contributed by atoms with Crippen LogP contribution in [0, 0.1) is 6.92 Å². The summed E-state index contributed by atoms with van der Waals surface area (Å²) >= 11 is 0. The SMILES string of the molecule is CCC(CC)(Pc1ccccc1C(C)=O)c1cc(C)cc(C(C)(C)C)c1O. The van der Waals surface area contributed by atoms with Crippen molar-refractivity contribution in [2.45, 2.75) is 71.9 Å². The number of rotatable bonds is 6. The van der Waals surface area contributed by atoms with Gasteiger partial charge in [-0.25, -0.2) is 0 Å². The monoisotopic (exact) mass is 384 g/mol. The first-order valence-electron chi connectivity index (χ1n) is 9.78. The van der Waals surface area contributed by atoms with Crippen molar-refractivity contribution in [2.24, 2.45) is 0 Å². The molecular weight excluding hydrogens is 351 g/mol. The minimum absolute atomic E-state index is 0.100. The zero-order chi connectivity index (χ0) is 20.4. The van der Waals surface area contributed by atoms with E-state index < -0.39 is 0 Å². The van der Waals surface area contributed by atoms with Gasteiger partial charge in [0, 0.05) is 16.3 Å². The van der Waals surface area contributed by atoms with Crippen LogP contribution in [0.15, 0.2) is 36.4 Å². The van der Waals surface area contributed by atoms with E-state index in [2.05, 4.69) is 59.7 Å². The molecule has 2 nitrogen and oxygen atoms in total. The molecule has 0 spiro atoms. The molecule has 27 heavy (non-hydrogen) atoms. The minimum Gasteiger partial charge on any atom is -0.507 e. The third kappa shape index (κ3) is 4.43. The Balaban J connectivity index is 2.68. The zero-order valence-corrected chi connectivity index (χ0v) is 18.7. The van der Waals surface area contributed by atoms with Crippen LogP contribution in [-0.4, -0.2) is 10.9 Å². The van der Waals surface area contributed by atoms with Gasteiger partial charge in [0.2, 0.25) is 0 Å². The number of Topliss-reactive ketones (excluding diaryl/α,β-unsaturated/α-hetero) is 1. The summed E-state index contributed by atoms with van der Waals surface area (Å²) in [7, 11) is 0.427. The van der Waals surface area contributed by atoms with E-state index >= 15 is 0 Å². The van der Waals surface area contributed by atoms with Gasteiger partial charge in [-0.15, -0.1) is 0 Å². The first-order valence-corrected chi connectivity index (χ1v) is 10.8. The number of hydrogen-bond donors (Lipinski definition) is 1. The molecule has 2 aromatic rings.